The summed E-state index contributed by atoms with van der Waals surface area (Å²) in [6, 6.07) is 18.3. The summed E-state index contributed by atoms with van der Waals surface area (Å²) in [5.74, 6) is 0.558. The van der Waals surface area contributed by atoms with Crippen molar-refractivity contribution >= 4 is 28.9 Å². The lowest BCUT2D eigenvalue weighted by Crippen LogP contribution is -2.39. The number of rotatable bonds is 6. The molecule has 0 bridgehead atoms. The van der Waals surface area contributed by atoms with Crippen LogP contribution in [0.3, 0.4) is 0 Å². The summed E-state index contributed by atoms with van der Waals surface area (Å²) in [6.45, 7) is 3.76. The van der Waals surface area contributed by atoms with Crippen molar-refractivity contribution in [3.63, 3.8) is 0 Å². The van der Waals surface area contributed by atoms with Crippen LogP contribution in [0.15, 0.2) is 54.6 Å². The molecule has 2 saturated heterocycles. The minimum Gasteiger partial charge on any atom is -0.371 e. The summed E-state index contributed by atoms with van der Waals surface area (Å²) < 4.78 is 0. The largest absolute Gasteiger partial charge is 0.371 e. The number of nitrogens with one attached hydrogen (secondary N) is 1. The van der Waals surface area contributed by atoms with Crippen molar-refractivity contribution in [1.29, 1.82) is 0 Å². The van der Waals surface area contributed by atoms with E-state index in [0.29, 0.717) is 17.6 Å². The maximum absolute atomic E-state index is 12.4. The molecule has 3 heterocycles. The predicted molar refractivity (Wildman–Crippen MR) is 141 cm³/mol. The molecule has 0 atom stereocenters. The minimum absolute atomic E-state index is 0.138. The molecule has 2 aromatic carbocycles. The highest BCUT2D eigenvalue weighted by atomic mass is 16.1. The van der Waals surface area contributed by atoms with Gasteiger partial charge in [-0.05, 0) is 56.4 Å². The summed E-state index contributed by atoms with van der Waals surface area (Å²) in [6.07, 6.45) is 5.44. The molecular weight excluding hydrogens is 438 g/mol. The number of benzene rings is 2. The summed E-state index contributed by atoms with van der Waals surface area (Å²) >= 11 is 0. The number of nitrogens with zero attached hydrogens (tertiary/aromatic N) is 4. The van der Waals surface area contributed by atoms with Crippen LogP contribution >= 0.6 is 0 Å². The lowest BCUT2D eigenvalue weighted by Gasteiger charge is -2.32. The molecule has 0 unspecified atom stereocenters. The average molecular weight is 472 g/mol. The number of anilines is 4. The molecule has 2 aliphatic rings. The molecule has 5 N–H and O–H groups in total. The smallest absolute Gasteiger partial charge is 0.271 e. The normalized spacial score (nSPS) is 16.8. The van der Waals surface area contributed by atoms with Crippen LogP contribution in [0.1, 0.15) is 42.6 Å². The van der Waals surface area contributed by atoms with Gasteiger partial charge >= 0.3 is 0 Å². The van der Waals surface area contributed by atoms with Crippen LogP contribution < -0.4 is 26.6 Å². The second-order valence-electron chi connectivity index (χ2n) is 9.37. The maximum Gasteiger partial charge on any atom is 0.271 e. The lowest BCUT2D eigenvalue weighted by molar-refractivity contribution is 0.0996. The van der Waals surface area contributed by atoms with E-state index in [0.717, 1.165) is 74.6 Å². The molecule has 3 aromatic rings. The van der Waals surface area contributed by atoms with Gasteiger partial charge in [-0.25, -0.2) is 9.97 Å². The van der Waals surface area contributed by atoms with Gasteiger partial charge in [-0.3, -0.25) is 4.79 Å². The molecular formula is C27H33N7O. The molecule has 0 saturated carbocycles. The van der Waals surface area contributed by atoms with Crippen molar-refractivity contribution in [2.24, 2.45) is 11.5 Å². The fourth-order valence-electron chi connectivity index (χ4n) is 4.85. The Balaban J connectivity index is 1.47. The monoisotopic (exact) mass is 471 g/mol. The Morgan fingerprint density at radius 2 is 1.54 bits per heavy atom. The number of amides is 1. The zero-order valence-electron chi connectivity index (χ0n) is 20.0. The van der Waals surface area contributed by atoms with E-state index in [2.05, 4.69) is 27.2 Å². The summed E-state index contributed by atoms with van der Waals surface area (Å²) in [7, 11) is 0. The number of hydrogen-bond acceptors (Lipinski definition) is 7. The van der Waals surface area contributed by atoms with E-state index in [4.69, 9.17) is 21.4 Å². The predicted octanol–water partition coefficient (Wildman–Crippen LogP) is 3.90. The molecule has 1 aromatic heterocycles. The highest BCUT2D eigenvalue weighted by molar-refractivity contribution is 5.97. The second kappa shape index (κ2) is 10.3. The average Bonchev–Trinajstić information content (AvgIpc) is 2.90. The topological polar surface area (TPSA) is 113 Å². The fraction of sp³-hybridized carbons (Fsp3) is 0.370. The molecule has 2 aliphatic heterocycles. The highest BCUT2D eigenvalue weighted by Gasteiger charge is 2.24. The summed E-state index contributed by atoms with van der Waals surface area (Å²) in [5.41, 5.74) is 15.5. The van der Waals surface area contributed by atoms with Crippen LogP contribution in [0.4, 0.5) is 23.0 Å². The number of hydrogen-bond donors (Lipinski definition) is 3. The Morgan fingerprint density at radius 3 is 2.20 bits per heavy atom. The number of piperidine rings is 2. The highest BCUT2D eigenvalue weighted by Crippen LogP contribution is 2.33. The molecule has 2 fully saturated rings. The Labute approximate surface area is 206 Å². The second-order valence-corrected chi connectivity index (χ2v) is 9.37. The van der Waals surface area contributed by atoms with Crippen molar-refractivity contribution in [1.82, 2.24) is 9.97 Å². The van der Waals surface area contributed by atoms with Crippen molar-refractivity contribution in [2.75, 3.05) is 41.3 Å². The lowest BCUT2D eigenvalue weighted by atomic mass is 10.1. The molecule has 8 nitrogen and oxygen atoms in total. The van der Waals surface area contributed by atoms with Gasteiger partial charge in [0, 0.05) is 49.2 Å². The Bertz CT molecular complexity index is 1150. The van der Waals surface area contributed by atoms with E-state index >= 15 is 0 Å². The van der Waals surface area contributed by atoms with E-state index in [1.807, 2.05) is 42.5 Å². The fourth-order valence-corrected chi connectivity index (χ4v) is 4.85. The third-order valence-corrected chi connectivity index (χ3v) is 6.85. The first-order chi connectivity index (χ1) is 17.1. The maximum atomic E-state index is 12.4. The molecule has 8 heteroatoms. The van der Waals surface area contributed by atoms with Gasteiger partial charge in [0.2, 0.25) is 0 Å². The van der Waals surface area contributed by atoms with Gasteiger partial charge in [0.25, 0.3) is 5.91 Å². The quantitative estimate of drug-likeness (QED) is 0.500. The first-order valence-electron chi connectivity index (χ1n) is 12.5. The minimum atomic E-state index is -0.608. The molecule has 0 radical (unpaired) electrons. The van der Waals surface area contributed by atoms with Gasteiger partial charge in [0.1, 0.15) is 5.69 Å². The van der Waals surface area contributed by atoms with Gasteiger partial charge < -0.3 is 26.6 Å². The number of primary amides is 1. The van der Waals surface area contributed by atoms with Gasteiger partial charge in [0.05, 0.1) is 0 Å². The van der Waals surface area contributed by atoms with Crippen LogP contribution in [0.25, 0.3) is 11.3 Å². The Kier molecular flexibility index (Phi) is 6.81. The van der Waals surface area contributed by atoms with Gasteiger partial charge in [-0.1, -0.05) is 30.3 Å². The molecule has 1 amide bonds. The zero-order valence-corrected chi connectivity index (χ0v) is 20.0. The molecule has 0 spiro atoms. The number of carbonyl (C=O) groups excluding carboxylic acids is 1. The van der Waals surface area contributed by atoms with Crippen molar-refractivity contribution in [3.8, 4) is 11.3 Å². The number of nitrogens with two attached hydrogens (primary N) is 2. The van der Waals surface area contributed by atoms with Crippen LogP contribution in [0, 0.1) is 0 Å². The van der Waals surface area contributed by atoms with Crippen molar-refractivity contribution < 1.29 is 4.79 Å². The standard InChI is InChI=1S/C27H33N7O/c28-20-13-17-33(18-14-20)22-11-9-21(10-12-22)30-26-24(25(29)35)31-23(19-7-3-1-4-8-19)27(32-26)34-15-5-2-6-16-34/h1,3-4,7-12,20H,2,5-6,13-18,28H2,(H2,29,35)(H,30,32). The van der Waals surface area contributed by atoms with Crippen molar-refractivity contribution in [3.05, 3.63) is 60.3 Å². The van der Waals surface area contributed by atoms with Crippen LogP contribution in [-0.4, -0.2) is 48.1 Å². The van der Waals surface area contributed by atoms with Crippen molar-refractivity contribution in [2.45, 2.75) is 38.1 Å². The van der Waals surface area contributed by atoms with Gasteiger partial charge in [0.15, 0.2) is 17.3 Å². The van der Waals surface area contributed by atoms with Crippen LogP contribution in [-0.2, 0) is 0 Å². The van der Waals surface area contributed by atoms with E-state index < -0.39 is 5.91 Å². The first-order valence-corrected chi connectivity index (χ1v) is 12.5. The third kappa shape index (κ3) is 5.22. The van der Waals surface area contributed by atoms with E-state index in [9.17, 15) is 4.79 Å². The van der Waals surface area contributed by atoms with Crippen LogP contribution in [0.5, 0.6) is 0 Å². The first kappa shape index (κ1) is 23.1. The third-order valence-electron chi connectivity index (χ3n) is 6.85. The molecule has 0 aliphatic carbocycles. The Hall–Kier alpha value is -3.65. The van der Waals surface area contributed by atoms with E-state index in [1.54, 1.807) is 0 Å². The van der Waals surface area contributed by atoms with Gasteiger partial charge in [-0.2, -0.15) is 0 Å². The molecule has 182 valence electrons. The van der Waals surface area contributed by atoms with Crippen LogP contribution in [0.2, 0.25) is 0 Å². The molecule has 5 rings (SSSR count). The molecule has 35 heavy (non-hydrogen) atoms. The Morgan fingerprint density at radius 1 is 0.857 bits per heavy atom. The number of carbonyl (C=O) groups is 1. The van der Waals surface area contributed by atoms with Gasteiger partial charge in [-0.15, -0.1) is 0 Å². The zero-order chi connectivity index (χ0) is 24.2. The SMILES string of the molecule is NC(=O)c1nc(-c2ccccc2)c(N2CCCCC2)nc1Nc1ccc(N2CCC(N)CC2)cc1. The number of aromatic nitrogens is 2. The van der Waals surface area contributed by atoms with E-state index in [1.165, 1.54) is 6.42 Å². The summed E-state index contributed by atoms with van der Waals surface area (Å²) in [5, 5.41) is 3.31. The van der Waals surface area contributed by atoms with E-state index in [-0.39, 0.29) is 5.69 Å². The summed E-state index contributed by atoms with van der Waals surface area (Å²) in [4.78, 5) is 26.7.